The molecule has 1 atom stereocenters. The third kappa shape index (κ3) is 4.37. The molecule has 2 rings (SSSR count). The van der Waals surface area contributed by atoms with E-state index < -0.39 is 0 Å². The van der Waals surface area contributed by atoms with Crippen LogP contribution in [-0.4, -0.2) is 20.8 Å². The lowest BCUT2D eigenvalue weighted by molar-refractivity contribution is 0.593. The highest BCUT2D eigenvalue weighted by Crippen LogP contribution is 2.16. The molecule has 2 aromatic rings. The fourth-order valence-electron chi connectivity index (χ4n) is 2.33. The Morgan fingerprint density at radius 3 is 2.90 bits per heavy atom. The summed E-state index contributed by atoms with van der Waals surface area (Å²) in [5.74, 6) is 0. The monoisotopic (exact) mass is 272 g/mol. The minimum atomic E-state index is 0.566. The van der Waals surface area contributed by atoms with Crippen LogP contribution >= 0.6 is 0 Å². The second kappa shape index (κ2) is 7.68. The van der Waals surface area contributed by atoms with Gasteiger partial charge >= 0.3 is 0 Å². The maximum absolute atomic E-state index is 4.14. The third-order valence-corrected chi connectivity index (χ3v) is 3.51. The van der Waals surface area contributed by atoms with Crippen molar-refractivity contribution in [1.29, 1.82) is 0 Å². The van der Waals surface area contributed by atoms with Crippen LogP contribution < -0.4 is 5.32 Å². The average Bonchev–Trinajstić information content (AvgIpc) is 2.96. The molecule has 0 fully saturated rings. The van der Waals surface area contributed by atoms with Gasteiger partial charge in [-0.25, -0.2) is 9.67 Å². The van der Waals surface area contributed by atoms with Gasteiger partial charge in [-0.1, -0.05) is 38.8 Å². The van der Waals surface area contributed by atoms with Crippen LogP contribution in [0, 0.1) is 0 Å². The molecular weight excluding hydrogens is 248 g/mol. The number of aromatic nitrogens is 3. The molecular formula is C16H24N4. The van der Waals surface area contributed by atoms with Crippen molar-refractivity contribution in [3.05, 3.63) is 42.5 Å². The Balaban J connectivity index is 1.97. The third-order valence-electron chi connectivity index (χ3n) is 3.51. The zero-order chi connectivity index (χ0) is 14.2. The van der Waals surface area contributed by atoms with Crippen molar-refractivity contribution in [2.45, 2.75) is 52.1 Å². The van der Waals surface area contributed by atoms with Gasteiger partial charge in [0, 0.05) is 11.7 Å². The van der Waals surface area contributed by atoms with Crippen LogP contribution in [0.3, 0.4) is 0 Å². The van der Waals surface area contributed by atoms with Crippen molar-refractivity contribution in [3.63, 3.8) is 0 Å². The summed E-state index contributed by atoms with van der Waals surface area (Å²) < 4.78 is 1.84. The molecule has 0 aliphatic heterocycles. The SMILES string of the molecule is CCCCC(CC)Nc1cccc(Cn2cncn2)c1. The van der Waals surface area contributed by atoms with Crippen LogP contribution in [0.4, 0.5) is 5.69 Å². The highest BCUT2D eigenvalue weighted by atomic mass is 15.3. The van der Waals surface area contributed by atoms with Crippen molar-refractivity contribution < 1.29 is 0 Å². The second-order valence-electron chi connectivity index (χ2n) is 5.19. The molecule has 20 heavy (non-hydrogen) atoms. The highest BCUT2D eigenvalue weighted by molar-refractivity contribution is 5.46. The van der Waals surface area contributed by atoms with Gasteiger partial charge in [0.2, 0.25) is 0 Å². The number of nitrogens with zero attached hydrogens (tertiary/aromatic N) is 3. The molecule has 0 spiro atoms. The normalized spacial score (nSPS) is 12.3. The molecule has 0 aliphatic carbocycles. The van der Waals surface area contributed by atoms with Crippen molar-refractivity contribution in [1.82, 2.24) is 14.8 Å². The summed E-state index contributed by atoms with van der Waals surface area (Å²) in [4.78, 5) is 3.97. The number of nitrogens with one attached hydrogen (secondary N) is 1. The van der Waals surface area contributed by atoms with Gasteiger partial charge in [0.1, 0.15) is 12.7 Å². The predicted octanol–water partition coefficient (Wildman–Crippen LogP) is 3.71. The summed E-state index contributed by atoms with van der Waals surface area (Å²) in [5.41, 5.74) is 2.44. The van der Waals surface area contributed by atoms with Crippen molar-refractivity contribution >= 4 is 5.69 Å². The predicted molar refractivity (Wildman–Crippen MR) is 82.8 cm³/mol. The first-order valence-corrected chi connectivity index (χ1v) is 7.49. The zero-order valence-electron chi connectivity index (χ0n) is 12.4. The van der Waals surface area contributed by atoms with Crippen LogP contribution in [0.15, 0.2) is 36.9 Å². The van der Waals surface area contributed by atoms with Crippen LogP contribution in [0.2, 0.25) is 0 Å². The zero-order valence-corrected chi connectivity index (χ0v) is 12.4. The van der Waals surface area contributed by atoms with E-state index in [1.54, 1.807) is 12.7 Å². The number of hydrogen-bond acceptors (Lipinski definition) is 3. The molecule has 0 amide bonds. The summed E-state index contributed by atoms with van der Waals surface area (Å²) in [6.07, 6.45) is 8.25. The molecule has 0 aliphatic rings. The minimum Gasteiger partial charge on any atom is -0.382 e. The fraction of sp³-hybridized carbons (Fsp3) is 0.500. The maximum Gasteiger partial charge on any atom is 0.137 e. The standard InChI is InChI=1S/C16H24N4/c1-3-5-8-15(4-2)19-16-9-6-7-14(10-16)11-20-13-17-12-18-20/h6-7,9-10,12-13,15,19H,3-5,8,11H2,1-2H3. The molecule has 1 aromatic heterocycles. The van der Waals surface area contributed by atoms with Gasteiger partial charge in [-0.2, -0.15) is 5.10 Å². The summed E-state index contributed by atoms with van der Waals surface area (Å²) in [7, 11) is 0. The Labute approximate surface area is 121 Å². The maximum atomic E-state index is 4.14. The molecule has 4 nitrogen and oxygen atoms in total. The second-order valence-corrected chi connectivity index (χ2v) is 5.19. The number of anilines is 1. The average molecular weight is 272 g/mol. The van der Waals surface area contributed by atoms with E-state index in [-0.39, 0.29) is 0 Å². The number of hydrogen-bond donors (Lipinski definition) is 1. The summed E-state index contributed by atoms with van der Waals surface area (Å²) in [6, 6.07) is 9.13. The fourth-order valence-corrected chi connectivity index (χ4v) is 2.33. The van der Waals surface area contributed by atoms with Crippen LogP contribution in [0.1, 0.15) is 45.1 Å². The van der Waals surface area contributed by atoms with E-state index in [2.05, 4.69) is 53.5 Å². The lowest BCUT2D eigenvalue weighted by Gasteiger charge is -2.18. The van der Waals surface area contributed by atoms with Crippen LogP contribution in [0.5, 0.6) is 0 Å². The van der Waals surface area contributed by atoms with E-state index in [0.29, 0.717) is 6.04 Å². The quantitative estimate of drug-likeness (QED) is 0.796. The molecule has 108 valence electrons. The summed E-state index contributed by atoms with van der Waals surface area (Å²) >= 11 is 0. The van der Waals surface area contributed by atoms with Crippen molar-refractivity contribution in [2.75, 3.05) is 5.32 Å². The van der Waals surface area contributed by atoms with Gasteiger partial charge in [0.05, 0.1) is 6.54 Å². The van der Waals surface area contributed by atoms with Crippen LogP contribution in [-0.2, 0) is 6.54 Å². The molecule has 1 heterocycles. The molecule has 1 N–H and O–H groups in total. The highest BCUT2D eigenvalue weighted by Gasteiger charge is 2.06. The first kappa shape index (κ1) is 14.6. The van der Waals surface area contributed by atoms with Gasteiger partial charge in [-0.15, -0.1) is 0 Å². The van der Waals surface area contributed by atoms with Gasteiger partial charge in [0.25, 0.3) is 0 Å². The lowest BCUT2D eigenvalue weighted by atomic mass is 10.1. The van der Waals surface area contributed by atoms with Crippen LogP contribution in [0.25, 0.3) is 0 Å². The number of unbranched alkanes of at least 4 members (excludes halogenated alkanes) is 1. The van der Waals surface area contributed by atoms with E-state index in [1.165, 1.54) is 30.5 Å². The Morgan fingerprint density at radius 1 is 1.30 bits per heavy atom. The lowest BCUT2D eigenvalue weighted by Crippen LogP contribution is -2.18. The number of benzene rings is 1. The Bertz CT molecular complexity index is 493. The van der Waals surface area contributed by atoms with E-state index in [0.717, 1.165) is 13.0 Å². The van der Waals surface area contributed by atoms with E-state index >= 15 is 0 Å². The number of rotatable bonds is 8. The van der Waals surface area contributed by atoms with E-state index in [1.807, 2.05) is 4.68 Å². The smallest absolute Gasteiger partial charge is 0.137 e. The summed E-state index contributed by atoms with van der Waals surface area (Å²) in [5, 5.41) is 7.78. The van der Waals surface area contributed by atoms with E-state index in [4.69, 9.17) is 0 Å². The van der Waals surface area contributed by atoms with Gasteiger partial charge in [0.15, 0.2) is 0 Å². The van der Waals surface area contributed by atoms with Gasteiger partial charge < -0.3 is 5.32 Å². The minimum absolute atomic E-state index is 0.566. The molecule has 0 bridgehead atoms. The molecule has 0 radical (unpaired) electrons. The van der Waals surface area contributed by atoms with Gasteiger partial charge in [-0.3, -0.25) is 0 Å². The molecule has 0 saturated heterocycles. The van der Waals surface area contributed by atoms with E-state index in [9.17, 15) is 0 Å². The molecule has 0 saturated carbocycles. The first-order valence-electron chi connectivity index (χ1n) is 7.49. The summed E-state index contributed by atoms with van der Waals surface area (Å²) in [6.45, 7) is 5.25. The van der Waals surface area contributed by atoms with Gasteiger partial charge in [-0.05, 0) is 30.5 Å². The Kier molecular flexibility index (Phi) is 5.59. The molecule has 1 aromatic carbocycles. The largest absolute Gasteiger partial charge is 0.382 e. The molecule has 4 heteroatoms. The molecule has 1 unspecified atom stereocenters. The first-order chi connectivity index (χ1) is 9.81. The van der Waals surface area contributed by atoms with Crippen molar-refractivity contribution in [2.24, 2.45) is 0 Å². The topological polar surface area (TPSA) is 42.7 Å². The van der Waals surface area contributed by atoms with Crippen molar-refractivity contribution in [3.8, 4) is 0 Å². The Hall–Kier alpha value is -1.84. The Morgan fingerprint density at radius 2 is 2.20 bits per heavy atom.